The fourth-order valence-corrected chi connectivity index (χ4v) is 2.36. The lowest BCUT2D eigenvalue weighted by molar-refractivity contribution is 0.625. The molecule has 0 saturated carbocycles. The van der Waals surface area contributed by atoms with E-state index in [0.29, 0.717) is 15.2 Å². The van der Waals surface area contributed by atoms with Gasteiger partial charge in [0.05, 0.1) is 10.7 Å². The Labute approximate surface area is 130 Å². The molecule has 0 atom stereocenters. The van der Waals surface area contributed by atoms with E-state index in [0.717, 1.165) is 18.7 Å². The first kappa shape index (κ1) is 16.5. The van der Waals surface area contributed by atoms with Gasteiger partial charge in [0.2, 0.25) is 0 Å². The van der Waals surface area contributed by atoms with Crippen molar-refractivity contribution in [2.24, 2.45) is 0 Å². The molecule has 19 heavy (non-hydrogen) atoms. The van der Waals surface area contributed by atoms with E-state index in [4.69, 9.17) is 35.4 Å². The maximum absolute atomic E-state index is 6.06. The minimum Gasteiger partial charge on any atom is -0.362 e. The number of halogens is 2. The van der Waals surface area contributed by atoms with Gasteiger partial charge in [-0.3, -0.25) is 0 Å². The average molecular weight is 319 g/mol. The summed E-state index contributed by atoms with van der Waals surface area (Å²) >= 11 is 17.1. The second-order valence-electron chi connectivity index (χ2n) is 4.42. The number of hydrogen-bond acceptors (Lipinski definition) is 1. The van der Waals surface area contributed by atoms with Gasteiger partial charge in [-0.05, 0) is 36.8 Å². The van der Waals surface area contributed by atoms with Crippen molar-refractivity contribution in [2.75, 3.05) is 11.9 Å². The minimum absolute atomic E-state index is 0.569. The van der Waals surface area contributed by atoms with E-state index in [-0.39, 0.29) is 0 Å². The molecule has 0 saturated heterocycles. The molecule has 0 heterocycles. The maximum Gasteiger partial charge on any atom is 0.170 e. The van der Waals surface area contributed by atoms with Gasteiger partial charge in [0, 0.05) is 11.6 Å². The quantitative estimate of drug-likeness (QED) is 0.530. The Balaban J connectivity index is 2.23. The highest BCUT2D eigenvalue weighted by molar-refractivity contribution is 7.80. The molecule has 0 aliphatic heterocycles. The second-order valence-corrected chi connectivity index (χ2v) is 5.67. The molecule has 0 radical (unpaired) electrons. The van der Waals surface area contributed by atoms with E-state index >= 15 is 0 Å². The Bertz CT molecular complexity index is 410. The van der Waals surface area contributed by atoms with Crippen molar-refractivity contribution >= 4 is 46.2 Å². The van der Waals surface area contributed by atoms with Gasteiger partial charge in [0.25, 0.3) is 0 Å². The fraction of sp³-hybridized carbons (Fsp3) is 0.500. The summed E-state index contributed by atoms with van der Waals surface area (Å²) in [6.07, 6.45) is 6.24. The molecule has 0 aliphatic rings. The van der Waals surface area contributed by atoms with Crippen LogP contribution in [0.1, 0.15) is 39.0 Å². The summed E-state index contributed by atoms with van der Waals surface area (Å²) < 4.78 is 0. The van der Waals surface area contributed by atoms with E-state index in [1.165, 1.54) is 25.7 Å². The Hall–Kier alpha value is -0.510. The summed E-state index contributed by atoms with van der Waals surface area (Å²) in [5.41, 5.74) is 0.773. The lowest BCUT2D eigenvalue weighted by Crippen LogP contribution is -2.29. The molecule has 2 N–H and O–H groups in total. The van der Waals surface area contributed by atoms with Gasteiger partial charge in [0.1, 0.15) is 0 Å². The third kappa shape index (κ3) is 7.00. The van der Waals surface area contributed by atoms with Gasteiger partial charge in [-0.15, -0.1) is 0 Å². The van der Waals surface area contributed by atoms with Crippen molar-refractivity contribution < 1.29 is 0 Å². The first-order chi connectivity index (χ1) is 9.13. The van der Waals surface area contributed by atoms with Crippen molar-refractivity contribution in [1.29, 1.82) is 0 Å². The molecule has 1 aromatic rings. The van der Waals surface area contributed by atoms with Crippen LogP contribution in [0.25, 0.3) is 0 Å². The maximum atomic E-state index is 6.06. The third-order valence-corrected chi connectivity index (χ3v) is 3.54. The highest BCUT2D eigenvalue weighted by atomic mass is 35.5. The van der Waals surface area contributed by atoms with Gasteiger partial charge in [-0.2, -0.15) is 0 Å². The number of thiocarbonyl (C=S) groups is 1. The molecule has 0 aromatic heterocycles. The number of hydrogen-bond donors (Lipinski definition) is 2. The monoisotopic (exact) mass is 318 g/mol. The summed E-state index contributed by atoms with van der Waals surface area (Å²) in [7, 11) is 0. The summed E-state index contributed by atoms with van der Waals surface area (Å²) in [6, 6.07) is 5.29. The summed E-state index contributed by atoms with van der Waals surface area (Å²) in [6.45, 7) is 3.11. The predicted molar refractivity (Wildman–Crippen MR) is 89.4 cm³/mol. The van der Waals surface area contributed by atoms with Gasteiger partial charge in [-0.1, -0.05) is 55.8 Å². The molecule has 0 spiro atoms. The largest absolute Gasteiger partial charge is 0.362 e. The molecule has 0 unspecified atom stereocenters. The van der Waals surface area contributed by atoms with Crippen LogP contribution in [0, 0.1) is 0 Å². The van der Waals surface area contributed by atoms with Gasteiger partial charge >= 0.3 is 0 Å². The number of unbranched alkanes of at least 4 members (excludes halogenated alkanes) is 4. The lowest BCUT2D eigenvalue weighted by atomic mass is 10.1. The van der Waals surface area contributed by atoms with Crippen molar-refractivity contribution in [1.82, 2.24) is 5.32 Å². The number of nitrogens with one attached hydrogen (secondary N) is 2. The number of benzene rings is 1. The van der Waals surface area contributed by atoms with E-state index in [9.17, 15) is 0 Å². The Kier molecular flexibility index (Phi) is 8.19. The van der Waals surface area contributed by atoms with Crippen molar-refractivity contribution in [2.45, 2.75) is 39.0 Å². The SMILES string of the molecule is CCCCCCCNC(=S)Nc1ccc(Cl)cc1Cl. The van der Waals surface area contributed by atoms with Crippen LogP contribution in [0.15, 0.2) is 18.2 Å². The molecule has 5 heteroatoms. The lowest BCUT2D eigenvalue weighted by Gasteiger charge is -2.11. The molecular weight excluding hydrogens is 299 g/mol. The molecule has 1 aromatic carbocycles. The zero-order chi connectivity index (χ0) is 14.1. The van der Waals surface area contributed by atoms with Gasteiger partial charge < -0.3 is 10.6 Å². The number of rotatable bonds is 7. The van der Waals surface area contributed by atoms with E-state index in [1.807, 2.05) is 6.07 Å². The molecule has 0 bridgehead atoms. The molecular formula is C14H20Cl2N2S. The second kappa shape index (κ2) is 9.40. The molecule has 0 amide bonds. The van der Waals surface area contributed by atoms with E-state index in [2.05, 4.69) is 17.6 Å². The molecule has 0 fully saturated rings. The highest BCUT2D eigenvalue weighted by Crippen LogP contribution is 2.25. The zero-order valence-corrected chi connectivity index (χ0v) is 13.5. The van der Waals surface area contributed by atoms with Crippen LogP contribution >= 0.6 is 35.4 Å². The van der Waals surface area contributed by atoms with Crippen molar-refractivity contribution in [3.63, 3.8) is 0 Å². The van der Waals surface area contributed by atoms with Gasteiger partial charge in [0.15, 0.2) is 5.11 Å². The van der Waals surface area contributed by atoms with Gasteiger partial charge in [-0.25, -0.2) is 0 Å². The van der Waals surface area contributed by atoms with Crippen LogP contribution in [-0.2, 0) is 0 Å². The molecule has 2 nitrogen and oxygen atoms in total. The van der Waals surface area contributed by atoms with Crippen LogP contribution in [0.3, 0.4) is 0 Å². The predicted octanol–water partition coefficient (Wildman–Crippen LogP) is 5.25. The first-order valence-corrected chi connectivity index (χ1v) is 7.79. The van der Waals surface area contributed by atoms with Crippen LogP contribution in [0.2, 0.25) is 10.0 Å². The summed E-state index contributed by atoms with van der Waals surface area (Å²) in [4.78, 5) is 0. The number of anilines is 1. The topological polar surface area (TPSA) is 24.1 Å². The minimum atomic E-state index is 0.569. The van der Waals surface area contributed by atoms with Crippen LogP contribution in [-0.4, -0.2) is 11.7 Å². The summed E-state index contributed by atoms with van der Waals surface area (Å²) in [5.74, 6) is 0. The highest BCUT2D eigenvalue weighted by Gasteiger charge is 2.02. The van der Waals surface area contributed by atoms with Crippen LogP contribution < -0.4 is 10.6 Å². The zero-order valence-electron chi connectivity index (χ0n) is 11.1. The van der Waals surface area contributed by atoms with E-state index < -0.39 is 0 Å². The van der Waals surface area contributed by atoms with E-state index in [1.54, 1.807) is 12.1 Å². The molecule has 0 aliphatic carbocycles. The molecule has 106 valence electrons. The molecule has 1 rings (SSSR count). The van der Waals surface area contributed by atoms with Crippen molar-refractivity contribution in [3.05, 3.63) is 28.2 Å². The normalized spacial score (nSPS) is 10.3. The Morgan fingerprint density at radius 2 is 1.89 bits per heavy atom. The average Bonchev–Trinajstić information content (AvgIpc) is 2.37. The van der Waals surface area contributed by atoms with Crippen LogP contribution in [0.5, 0.6) is 0 Å². The standard InChI is InChI=1S/C14H20Cl2N2S/c1-2-3-4-5-6-9-17-14(19)18-13-8-7-11(15)10-12(13)16/h7-8,10H,2-6,9H2,1H3,(H2,17,18,19). The Morgan fingerprint density at radius 1 is 1.16 bits per heavy atom. The Morgan fingerprint density at radius 3 is 2.58 bits per heavy atom. The smallest absolute Gasteiger partial charge is 0.170 e. The van der Waals surface area contributed by atoms with Crippen molar-refractivity contribution in [3.8, 4) is 0 Å². The van der Waals surface area contributed by atoms with Crippen LogP contribution in [0.4, 0.5) is 5.69 Å². The summed E-state index contributed by atoms with van der Waals surface area (Å²) in [5, 5.41) is 8.03. The fourth-order valence-electron chi connectivity index (χ4n) is 1.69. The third-order valence-electron chi connectivity index (χ3n) is 2.75. The first-order valence-electron chi connectivity index (χ1n) is 6.63.